The molecule has 0 aromatic carbocycles. The Hall–Kier alpha value is 0.390. The Kier molecular flexibility index (Phi) is 17.1. The van der Waals surface area contributed by atoms with Gasteiger partial charge in [0.1, 0.15) is 0 Å². The van der Waals surface area contributed by atoms with Gasteiger partial charge in [-0.05, 0) is 32.1 Å². The molecule has 0 saturated heterocycles. The van der Waals surface area contributed by atoms with Gasteiger partial charge in [0.05, 0.1) is 13.2 Å². The van der Waals surface area contributed by atoms with E-state index in [4.69, 9.17) is 0 Å². The van der Waals surface area contributed by atoms with Crippen molar-refractivity contribution >= 4 is 37.8 Å². The molecule has 144 valence electrons. The zero-order valence-electron chi connectivity index (χ0n) is 15.4. The molecule has 0 saturated carbocycles. The van der Waals surface area contributed by atoms with Gasteiger partial charge in [-0.25, -0.2) is 0 Å². The molecule has 3 nitrogen and oxygen atoms in total. The van der Waals surface area contributed by atoms with Crippen molar-refractivity contribution in [3.63, 3.8) is 0 Å². The Morgan fingerprint density at radius 3 is 2.12 bits per heavy atom. The van der Waals surface area contributed by atoms with Crippen molar-refractivity contribution in [2.45, 2.75) is 106 Å². The summed E-state index contributed by atoms with van der Waals surface area (Å²) in [6.07, 6.45) is 13.4. The fourth-order valence-electron chi connectivity index (χ4n) is 2.73. The molecule has 0 radical (unpaired) electrons. The molecule has 0 heterocycles. The van der Waals surface area contributed by atoms with Gasteiger partial charge in [0.2, 0.25) is 0 Å². The first-order chi connectivity index (χ1) is 11.5. The van der Waals surface area contributed by atoms with E-state index >= 15 is 0 Å². The summed E-state index contributed by atoms with van der Waals surface area (Å²) in [5, 5.41) is 10.1. The maximum absolute atomic E-state index is 11.0. The van der Waals surface area contributed by atoms with Gasteiger partial charge in [-0.2, -0.15) is 0 Å². The van der Waals surface area contributed by atoms with Crippen LogP contribution in [0.2, 0.25) is 0 Å². The zero-order valence-corrected chi connectivity index (χ0v) is 18.6. The van der Waals surface area contributed by atoms with Crippen molar-refractivity contribution in [1.82, 2.24) is 0 Å². The SMILES string of the molecule is CCCCCC(Br)C(Br)CCC(O)CCCCCCCC(=O)OC. The Labute approximate surface area is 165 Å². The molecule has 1 N–H and O–H groups in total. The van der Waals surface area contributed by atoms with Crippen LogP contribution < -0.4 is 0 Å². The number of hydrogen-bond donors (Lipinski definition) is 1. The number of methoxy groups -OCH3 is 1. The number of carbonyl (C=O) groups is 1. The minimum Gasteiger partial charge on any atom is -0.469 e. The van der Waals surface area contributed by atoms with Crippen LogP contribution in [0.25, 0.3) is 0 Å². The van der Waals surface area contributed by atoms with Crippen LogP contribution in [0.1, 0.15) is 90.4 Å². The molecule has 0 aliphatic heterocycles. The molecule has 0 amide bonds. The Bertz CT molecular complexity index is 300. The number of ether oxygens (including phenoxy) is 1. The molecular weight excluding hydrogens is 436 g/mol. The minimum absolute atomic E-state index is 0.116. The molecule has 3 atom stereocenters. The lowest BCUT2D eigenvalue weighted by Gasteiger charge is -2.18. The zero-order chi connectivity index (χ0) is 18.2. The van der Waals surface area contributed by atoms with Gasteiger partial charge in [0, 0.05) is 16.1 Å². The number of halogens is 2. The van der Waals surface area contributed by atoms with Gasteiger partial charge < -0.3 is 9.84 Å². The van der Waals surface area contributed by atoms with Crippen LogP contribution in [0.4, 0.5) is 0 Å². The third kappa shape index (κ3) is 14.7. The van der Waals surface area contributed by atoms with Crippen LogP contribution in [0, 0.1) is 0 Å². The number of aliphatic hydroxyl groups is 1. The quantitative estimate of drug-likeness (QED) is 0.167. The number of alkyl halides is 2. The van der Waals surface area contributed by atoms with Crippen molar-refractivity contribution in [2.75, 3.05) is 7.11 Å². The monoisotopic (exact) mass is 470 g/mol. The normalized spacial score (nSPS) is 15.0. The van der Waals surface area contributed by atoms with E-state index in [0.29, 0.717) is 16.1 Å². The topological polar surface area (TPSA) is 46.5 Å². The van der Waals surface area contributed by atoms with Gasteiger partial charge in [0.25, 0.3) is 0 Å². The van der Waals surface area contributed by atoms with Crippen molar-refractivity contribution in [3.8, 4) is 0 Å². The average Bonchev–Trinajstić information content (AvgIpc) is 2.58. The fourth-order valence-corrected chi connectivity index (χ4v) is 3.85. The van der Waals surface area contributed by atoms with E-state index in [1.54, 1.807) is 0 Å². The maximum atomic E-state index is 11.0. The summed E-state index contributed by atoms with van der Waals surface area (Å²) in [5.74, 6) is -0.116. The molecule has 0 aromatic heterocycles. The highest BCUT2D eigenvalue weighted by Crippen LogP contribution is 2.25. The second-order valence-electron chi connectivity index (χ2n) is 6.64. The Morgan fingerprint density at radius 1 is 0.875 bits per heavy atom. The molecule has 0 spiro atoms. The number of carbonyl (C=O) groups excluding carboxylic acids is 1. The summed E-state index contributed by atoms with van der Waals surface area (Å²) in [5.41, 5.74) is 0. The largest absolute Gasteiger partial charge is 0.469 e. The van der Waals surface area contributed by atoms with Gasteiger partial charge in [0.15, 0.2) is 0 Å². The third-order valence-corrected chi connectivity index (χ3v) is 7.30. The maximum Gasteiger partial charge on any atom is 0.305 e. The first-order valence-electron chi connectivity index (χ1n) is 9.54. The summed E-state index contributed by atoms with van der Waals surface area (Å²) < 4.78 is 4.62. The summed E-state index contributed by atoms with van der Waals surface area (Å²) in [4.78, 5) is 11.9. The van der Waals surface area contributed by atoms with Crippen molar-refractivity contribution in [2.24, 2.45) is 0 Å². The van der Waals surface area contributed by atoms with Crippen LogP contribution in [0.15, 0.2) is 0 Å². The first-order valence-corrected chi connectivity index (χ1v) is 11.4. The predicted octanol–water partition coefficient (Wildman–Crippen LogP) is 6.14. The number of unbranched alkanes of at least 4 members (excludes halogenated alkanes) is 6. The summed E-state index contributed by atoms with van der Waals surface area (Å²) in [6, 6.07) is 0. The molecule has 3 unspecified atom stereocenters. The Balaban J connectivity index is 3.51. The highest BCUT2D eigenvalue weighted by atomic mass is 79.9. The van der Waals surface area contributed by atoms with E-state index < -0.39 is 0 Å². The lowest BCUT2D eigenvalue weighted by atomic mass is 10.0. The molecule has 24 heavy (non-hydrogen) atoms. The lowest BCUT2D eigenvalue weighted by molar-refractivity contribution is -0.140. The van der Waals surface area contributed by atoms with E-state index in [9.17, 15) is 9.90 Å². The van der Waals surface area contributed by atoms with Crippen molar-refractivity contribution in [3.05, 3.63) is 0 Å². The predicted molar refractivity (Wildman–Crippen MR) is 109 cm³/mol. The van der Waals surface area contributed by atoms with E-state index in [2.05, 4.69) is 43.5 Å². The van der Waals surface area contributed by atoms with Crippen molar-refractivity contribution in [1.29, 1.82) is 0 Å². The van der Waals surface area contributed by atoms with E-state index in [1.165, 1.54) is 32.8 Å². The lowest BCUT2D eigenvalue weighted by Crippen LogP contribution is -2.17. The Morgan fingerprint density at radius 2 is 1.46 bits per heavy atom. The van der Waals surface area contributed by atoms with E-state index in [1.807, 2.05) is 0 Å². The third-order valence-electron chi connectivity index (χ3n) is 4.40. The molecule has 0 fully saturated rings. The highest BCUT2D eigenvalue weighted by Gasteiger charge is 2.16. The minimum atomic E-state index is -0.185. The second kappa shape index (κ2) is 16.8. The summed E-state index contributed by atoms with van der Waals surface area (Å²) in [7, 11) is 1.43. The molecule has 0 aliphatic rings. The molecule has 0 aromatic rings. The fraction of sp³-hybridized carbons (Fsp3) is 0.947. The second-order valence-corrected chi connectivity index (χ2v) is 8.99. The first kappa shape index (κ1) is 24.4. The number of rotatable bonds is 16. The summed E-state index contributed by atoms with van der Waals surface area (Å²) >= 11 is 7.52. The van der Waals surface area contributed by atoms with Crippen LogP contribution >= 0.6 is 31.9 Å². The van der Waals surface area contributed by atoms with Crippen LogP contribution in [0.5, 0.6) is 0 Å². The molecule has 0 rings (SSSR count). The standard InChI is InChI=1S/C19H36Br2O3/c1-3-4-8-12-17(20)18(21)15-14-16(22)11-9-6-5-7-10-13-19(23)24-2/h16-18,22H,3-15H2,1-2H3. The molecule has 5 heteroatoms. The smallest absolute Gasteiger partial charge is 0.305 e. The molecule has 0 bridgehead atoms. The van der Waals surface area contributed by atoms with E-state index in [-0.39, 0.29) is 12.1 Å². The van der Waals surface area contributed by atoms with Crippen LogP contribution in [0.3, 0.4) is 0 Å². The number of aliphatic hydroxyl groups excluding tert-OH is 1. The van der Waals surface area contributed by atoms with Gasteiger partial charge in [-0.15, -0.1) is 0 Å². The van der Waals surface area contributed by atoms with Gasteiger partial charge in [-0.1, -0.05) is 83.7 Å². The summed E-state index contributed by atoms with van der Waals surface area (Å²) in [6.45, 7) is 2.23. The van der Waals surface area contributed by atoms with Crippen molar-refractivity contribution < 1.29 is 14.6 Å². The average molecular weight is 472 g/mol. The van der Waals surface area contributed by atoms with E-state index in [0.717, 1.165) is 51.4 Å². The number of hydrogen-bond acceptors (Lipinski definition) is 3. The van der Waals surface area contributed by atoms with Crippen LogP contribution in [-0.2, 0) is 9.53 Å². The molecular formula is C19H36Br2O3. The van der Waals surface area contributed by atoms with Gasteiger partial charge >= 0.3 is 5.97 Å². The number of esters is 1. The molecule has 0 aliphatic carbocycles. The highest BCUT2D eigenvalue weighted by molar-refractivity contribution is 9.12. The van der Waals surface area contributed by atoms with Gasteiger partial charge in [-0.3, -0.25) is 4.79 Å². The van der Waals surface area contributed by atoms with Crippen LogP contribution in [-0.4, -0.2) is 33.9 Å².